The Kier molecular flexibility index (Phi) is 3.63. The minimum absolute atomic E-state index is 0.244. The van der Waals surface area contributed by atoms with E-state index in [1.165, 1.54) is 0 Å². The van der Waals surface area contributed by atoms with Gasteiger partial charge in [0.25, 0.3) is 0 Å². The molecule has 0 amide bonds. The third-order valence-corrected chi connectivity index (χ3v) is 3.95. The summed E-state index contributed by atoms with van der Waals surface area (Å²) < 4.78 is 5.35. The molecule has 0 bridgehead atoms. The highest BCUT2D eigenvalue weighted by molar-refractivity contribution is 6.29. The molecule has 1 aromatic carbocycles. The standard InChI is InChI=1S/C14H17ClN4O/c1-20-11-4-2-3-10-12(11)17-14(15)18-13(10)19-6-5-9(7-16)8-19/h2-4,9H,5-8,16H2,1H3/t9-/m0/s1. The maximum atomic E-state index is 6.07. The third-order valence-electron chi connectivity index (χ3n) is 3.78. The zero-order valence-electron chi connectivity index (χ0n) is 11.3. The predicted molar refractivity (Wildman–Crippen MR) is 80.5 cm³/mol. The molecule has 20 heavy (non-hydrogen) atoms. The molecule has 0 unspecified atom stereocenters. The van der Waals surface area contributed by atoms with E-state index in [2.05, 4.69) is 14.9 Å². The van der Waals surface area contributed by atoms with E-state index in [0.717, 1.165) is 36.2 Å². The molecule has 106 valence electrons. The zero-order valence-corrected chi connectivity index (χ0v) is 12.1. The number of anilines is 1. The van der Waals surface area contributed by atoms with Crippen molar-refractivity contribution in [3.05, 3.63) is 23.5 Å². The first-order chi connectivity index (χ1) is 9.72. The van der Waals surface area contributed by atoms with Crippen LogP contribution in [-0.2, 0) is 0 Å². The Morgan fingerprint density at radius 3 is 3.00 bits per heavy atom. The Morgan fingerprint density at radius 1 is 1.45 bits per heavy atom. The number of nitrogens with two attached hydrogens (primary N) is 1. The van der Waals surface area contributed by atoms with Crippen molar-refractivity contribution in [2.45, 2.75) is 6.42 Å². The Balaban J connectivity index is 2.11. The predicted octanol–water partition coefficient (Wildman–Crippen LogP) is 2.08. The lowest BCUT2D eigenvalue weighted by Crippen LogP contribution is -2.23. The lowest BCUT2D eigenvalue weighted by molar-refractivity contribution is 0.419. The fourth-order valence-corrected chi connectivity index (χ4v) is 2.87. The van der Waals surface area contributed by atoms with Crippen LogP contribution in [0.5, 0.6) is 5.75 Å². The van der Waals surface area contributed by atoms with Crippen molar-refractivity contribution in [2.24, 2.45) is 11.7 Å². The lowest BCUT2D eigenvalue weighted by Gasteiger charge is -2.19. The van der Waals surface area contributed by atoms with Crippen molar-refractivity contribution in [3.8, 4) is 5.75 Å². The Bertz CT molecular complexity index is 634. The topological polar surface area (TPSA) is 64.3 Å². The summed E-state index contributed by atoms with van der Waals surface area (Å²) in [5, 5.41) is 1.21. The Morgan fingerprint density at radius 2 is 2.30 bits per heavy atom. The van der Waals surface area contributed by atoms with Gasteiger partial charge in [-0.2, -0.15) is 4.98 Å². The summed E-state index contributed by atoms with van der Waals surface area (Å²) >= 11 is 6.07. The van der Waals surface area contributed by atoms with Crippen LogP contribution in [0.25, 0.3) is 10.9 Å². The van der Waals surface area contributed by atoms with Gasteiger partial charge in [-0.05, 0) is 42.6 Å². The third kappa shape index (κ3) is 2.27. The summed E-state index contributed by atoms with van der Waals surface area (Å²) in [6.07, 6.45) is 1.09. The summed E-state index contributed by atoms with van der Waals surface area (Å²) in [5.41, 5.74) is 6.51. The molecule has 1 atom stereocenters. The van der Waals surface area contributed by atoms with Gasteiger partial charge in [-0.1, -0.05) is 6.07 Å². The second-order valence-corrected chi connectivity index (χ2v) is 5.35. The number of halogens is 1. The molecule has 1 fully saturated rings. The fourth-order valence-electron chi connectivity index (χ4n) is 2.71. The van der Waals surface area contributed by atoms with Crippen molar-refractivity contribution in [2.75, 3.05) is 31.6 Å². The number of aromatic nitrogens is 2. The number of hydrogen-bond acceptors (Lipinski definition) is 5. The van der Waals surface area contributed by atoms with E-state index in [0.29, 0.717) is 18.2 Å². The van der Waals surface area contributed by atoms with E-state index in [-0.39, 0.29) is 5.28 Å². The van der Waals surface area contributed by atoms with Gasteiger partial charge >= 0.3 is 0 Å². The molecular weight excluding hydrogens is 276 g/mol. The molecule has 1 saturated heterocycles. The molecule has 3 rings (SSSR count). The summed E-state index contributed by atoms with van der Waals surface area (Å²) in [6.45, 7) is 2.56. The van der Waals surface area contributed by atoms with Crippen LogP contribution in [-0.4, -0.2) is 36.7 Å². The van der Waals surface area contributed by atoms with Crippen LogP contribution in [0.3, 0.4) is 0 Å². The molecule has 2 heterocycles. The largest absolute Gasteiger partial charge is 0.494 e. The molecule has 1 aromatic heterocycles. The highest BCUT2D eigenvalue weighted by atomic mass is 35.5. The molecule has 1 aliphatic rings. The number of hydrogen-bond donors (Lipinski definition) is 1. The number of rotatable bonds is 3. The molecule has 5 nitrogen and oxygen atoms in total. The van der Waals surface area contributed by atoms with Crippen LogP contribution in [0, 0.1) is 5.92 Å². The number of para-hydroxylation sites is 1. The van der Waals surface area contributed by atoms with Crippen LogP contribution in [0.4, 0.5) is 5.82 Å². The fraction of sp³-hybridized carbons (Fsp3) is 0.429. The van der Waals surface area contributed by atoms with Crippen LogP contribution < -0.4 is 15.4 Å². The van der Waals surface area contributed by atoms with Crippen molar-refractivity contribution in [3.63, 3.8) is 0 Å². The number of benzene rings is 1. The maximum absolute atomic E-state index is 6.07. The van der Waals surface area contributed by atoms with Crippen molar-refractivity contribution in [1.29, 1.82) is 0 Å². The average Bonchev–Trinajstić information content (AvgIpc) is 2.94. The minimum atomic E-state index is 0.244. The molecule has 2 aromatic rings. The molecule has 0 spiro atoms. The van der Waals surface area contributed by atoms with Gasteiger partial charge in [-0.3, -0.25) is 0 Å². The van der Waals surface area contributed by atoms with Crippen LogP contribution >= 0.6 is 11.6 Å². The van der Waals surface area contributed by atoms with Gasteiger partial charge in [0.05, 0.1) is 7.11 Å². The molecule has 2 N–H and O–H groups in total. The average molecular weight is 293 g/mol. The van der Waals surface area contributed by atoms with Gasteiger partial charge in [-0.15, -0.1) is 0 Å². The molecule has 1 aliphatic heterocycles. The van der Waals surface area contributed by atoms with Crippen LogP contribution in [0.2, 0.25) is 5.28 Å². The summed E-state index contributed by atoms with van der Waals surface area (Å²) in [4.78, 5) is 10.9. The van der Waals surface area contributed by atoms with Gasteiger partial charge in [0.1, 0.15) is 17.1 Å². The molecule has 0 saturated carbocycles. The first-order valence-electron chi connectivity index (χ1n) is 6.68. The Labute approximate surface area is 122 Å². The molecule has 6 heteroatoms. The number of ether oxygens (including phenoxy) is 1. The highest BCUT2D eigenvalue weighted by Gasteiger charge is 2.24. The van der Waals surface area contributed by atoms with E-state index >= 15 is 0 Å². The normalized spacial score (nSPS) is 18.8. The number of nitrogens with zero attached hydrogens (tertiary/aromatic N) is 3. The van der Waals surface area contributed by atoms with E-state index in [1.807, 2.05) is 18.2 Å². The second kappa shape index (κ2) is 5.42. The Hall–Kier alpha value is -1.59. The van der Waals surface area contributed by atoms with Gasteiger partial charge in [0.2, 0.25) is 5.28 Å². The SMILES string of the molecule is COc1cccc2c(N3CC[C@@H](CN)C3)nc(Cl)nc12. The van der Waals surface area contributed by atoms with Crippen LogP contribution in [0.1, 0.15) is 6.42 Å². The van der Waals surface area contributed by atoms with E-state index in [4.69, 9.17) is 22.1 Å². The second-order valence-electron chi connectivity index (χ2n) is 5.01. The first kappa shape index (κ1) is 13.4. The summed E-state index contributed by atoms with van der Waals surface area (Å²) in [5.74, 6) is 2.10. The quantitative estimate of drug-likeness (QED) is 0.878. The van der Waals surface area contributed by atoms with Crippen molar-refractivity contribution in [1.82, 2.24) is 9.97 Å². The lowest BCUT2D eigenvalue weighted by atomic mass is 10.1. The van der Waals surface area contributed by atoms with E-state index in [9.17, 15) is 0 Å². The molecular formula is C14H17ClN4O. The smallest absolute Gasteiger partial charge is 0.225 e. The molecule has 0 aliphatic carbocycles. The first-order valence-corrected chi connectivity index (χ1v) is 7.06. The van der Waals surface area contributed by atoms with E-state index in [1.54, 1.807) is 7.11 Å². The summed E-state index contributed by atoms with van der Waals surface area (Å²) in [6, 6.07) is 5.82. The zero-order chi connectivity index (χ0) is 14.1. The highest BCUT2D eigenvalue weighted by Crippen LogP contribution is 2.33. The van der Waals surface area contributed by atoms with Crippen molar-refractivity contribution < 1.29 is 4.74 Å². The van der Waals surface area contributed by atoms with Crippen molar-refractivity contribution >= 4 is 28.3 Å². The van der Waals surface area contributed by atoms with Gasteiger partial charge < -0.3 is 15.4 Å². The number of fused-ring (bicyclic) bond motifs is 1. The van der Waals surface area contributed by atoms with Crippen LogP contribution in [0.15, 0.2) is 18.2 Å². The van der Waals surface area contributed by atoms with Gasteiger partial charge in [0.15, 0.2) is 0 Å². The van der Waals surface area contributed by atoms with E-state index < -0.39 is 0 Å². The van der Waals surface area contributed by atoms with Gasteiger partial charge in [0, 0.05) is 18.5 Å². The molecule has 0 radical (unpaired) electrons. The maximum Gasteiger partial charge on any atom is 0.225 e. The minimum Gasteiger partial charge on any atom is -0.494 e. The monoisotopic (exact) mass is 292 g/mol. The van der Waals surface area contributed by atoms with Gasteiger partial charge in [-0.25, -0.2) is 4.98 Å². The number of methoxy groups -OCH3 is 1. The summed E-state index contributed by atoms with van der Waals surface area (Å²) in [7, 11) is 1.63.